The zero-order chi connectivity index (χ0) is 49.6. The van der Waals surface area contributed by atoms with Gasteiger partial charge in [-0.15, -0.1) is 0 Å². The summed E-state index contributed by atoms with van der Waals surface area (Å²) in [5.41, 5.74) is 8.29. The zero-order valence-corrected chi connectivity index (χ0v) is 41.2. The Morgan fingerprint density at radius 1 is 0.718 bits per heavy atom. The lowest BCUT2D eigenvalue weighted by Gasteiger charge is -2.29. The molecule has 1 unspecified atom stereocenters. The van der Waals surface area contributed by atoms with Crippen LogP contribution in [0.1, 0.15) is 113 Å². The Morgan fingerprint density at radius 3 is 2.30 bits per heavy atom. The molecule has 71 heavy (non-hydrogen) atoms. The van der Waals surface area contributed by atoms with Crippen LogP contribution in [0.2, 0.25) is 0 Å². The van der Waals surface area contributed by atoms with Crippen LogP contribution in [-0.2, 0) is 36.7 Å². The lowest BCUT2D eigenvalue weighted by Crippen LogP contribution is -2.31. The van der Waals surface area contributed by atoms with Gasteiger partial charge in [-0.3, -0.25) is 24.2 Å². The molecule has 0 saturated carbocycles. The summed E-state index contributed by atoms with van der Waals surface area (Å²) in [4.78, 5) is 60.2. The lowest BCUT2D eigenvalue weighted by atomic mass is 9.87. The van der Waals surface area contributed by atoms with Gasteiger partial charge in [0.25, 0.3) is 17.7 Å². The molecule has 2 aliphatic rings. The fourth-order valence-electron chi connectivity index (χ4n) is 9.25. The number of anilines is 2. The lowest BCUT2D eigenvalue weighted by molar-refractivity contribution is -0.156. The third-order valence-electron chi connectivity index (χ3n) is 12.7. The molecule has 0 spiro atoms. The van der Waals surface area contributed by atoms with Crippen LogP contribution in [-0.4, -0.2) is 98.1 Å². The van der Waals surface area contributed by atoms with Crippen LogP contribution < -0.4 is 20.9 Å². The Bertz CT molecular complexity index is 2790. The van der Waals surface area contributed by atoms with E-state index in [1.165, 1.54) is 17.5 Å². The number of nitrogens with zero attached hydrogens (tertiary/aromatic N) is 3. The SMILES string of the molecule is CC(C)(C)OC(=O)CCOCCOCCOCCNC(=O)c1cccc2c1ccn2Cc1cccc(C(=O)Nc2ccc(N3CCCCC3)cc2-c2cc(C(=O)NC3CCCc4ccccc43)ccn2)c1. The molecule has 14 nitrogen and oxygen atoms in total. The minimum absolute atomic E-state index is 0.0581. The van der Waals surface area contributed by atoms with Gasteiger partial charge in [0.1, 0.15) is 5.60 Å². The van der Waals surface area contributed by atoms with Gasteiger partial charge in [-0.05, 0) is 137 Å². The first kappa shape index (κ1) is 50.5. The Labute approximate surface area is 416 Å². The highest BCUT2D eigenvalue weighted by Gasteiger charge is 2.24. The fourth-order valence-corrected chi connectivity index (χ4v) is 9.25. The third-order valence-corrected chi connectivity index (χ3v) is 12.7. The first-order valence-electron chi connectivity index (χ1n) is 24.9. The normalized spacial score (nSPS) is 14.7. The summed E-state index contributed by atoms with van der Waals surface area (Å²) in [6.07, 6.45) is 10.2. The van der Waals surface area contributed by atoms with Crippen LogP contribution in [0.5, 0.6) is 0 Å². The summed E-state index contributed by atoms with van der Waals surface area (Å²) in [6, 6.07) is 33.0. The number of piperidine rings is 1. The number of hydrogen-bond acceptors (Lipinski definition) is 10. The summed E-state index contributed by atoms with van der Waals surface area (Å²) < 4.78 is 24.0. The van der Waals surface area contributed by atoms with Crippen molar-refractivity contribution < 1.29 is 38.1 Å². The predicted molar refractivity (Wildman–Crippen MR) is 276 cm³/mol. The van der Waals surface area contributed by atoms with E-state index < -0.39 is 5.60 Å². The van der Waals surface area contributed by atoms with Crippen LogP contribution in [0.3, 0.4) is 0 Å². The monoisotopic (exact) mass is 962 g/mol. The van der Waals surface area contributed by atoms with E-state index >= 15 is 0 Å². The molecule has 372 valence electrons. The number of amides is 3. The fraction of sp³-hybridized carbons (Fsp3) is 0.386. The second-order valence-corrected chi connectivity index (χ2v) is 19.1. The molecular formula is C57H66N6O8. The summed E-state index contributed by atoms with van der Waals surface area (Å²) in [5.74, 6) is -0.918. The smallest absolute Gasteiger partial charge is 0.308 e. The van der Waals surface area contributed by atoms with Gasteiger partial charge in [0, 0.05) is 77.4 Å². The highest BCUT2D eigenvalue weighted by atomic mass is 16.6. The first-order chi connectivity index (χ1) is 34.5. The maximum absolute atomic E-state index is 14.1. The van der Waals surface area contributed by atoms with Crippen molar-refractivity contribution >= 4 is 46.0 Å². The van der Waals surface area contributed by atoms with E-state index in [0.717, 1.165) is 72.9 Å². The molecule has 4 aromatic carbocycles. The van der Waals surface area contributed by atoms with Crippen LogP contribution in [0.15, 0.2) is 116 Å². The van der Waals surface area contributed by atoms with Gasteiger partial charge in [-0.2, -0.15) is 0 Å². The number of pyridine rings is 1. The molecule has 0 bridgehead atoms. The molecule has 2 aromatic heterocycles. The Morgan fingerprint density at radius 2 is 1.48 bits per heavy atom. The molecule has 8 rings (SSSR count). The Balaban J connectivity index is 0.863. The minimum atomic E-state index is -0.512. The van der Waals surface area contributed by atoms with E-state index in [1.54, 1.807) is 18.3 Å². The number of carbonyl (C=O) groups is 4. The van der Waals surface area contributed by atoms with Gasteiger partial charge in [-0.25, -0.2) is 0 Å². The second-order valence-electron chi connectivity index (χ2n) is 19.1. The molecule has 1 aliphatic carbocycles. The van der Waals surface area contributed by atoms with E-state index in [9.17, 15) is 19.2 Å². The van der Waals surface area contributed by atoms with E-state index in [-0.39, 0.29) is 42.8 Å². The van der Waals surface area contributed by atoms with Crippen LogP contribution in [0, 0.1) is 0 Å². The van der Waals surface area contributed by atoms with E-state index in [1.807, 2.05) is 93.7 Å². The summed E-state index contributed by atoms with van der Waals surface area (Å²) in [5, 5.41) is 10.2. The van der Waals surface area contributed by atoms with Gasteiger partial charge in [-0.1, -0.05) is 42.5 Å². The Hall–Kier alpha value is -6.87. The number of esters is 1. The number of aryl methyl sites for hydroxylation is 1. The molecule has 1 atom stereocenters. The van der Waals surface area contributed by atoms with Gasteiger partial charge >= 0.3 is 5.97 Å². The number of nitrogens with one attached hydrogen (secondary N) is 3. The van der Waals surface area contributed by atoms with E-state index in [0.29, 0.717) is 74.2 Å². The zero-order valence-electron chi connectivity index (χ0n) is 41.2. The number of rotatable bonds is 21. The van der Waals surface area contributed by atoms with Gasteiger partial charge in [0.2, 0.25) is 0 Å². The van der Waals surface area contributed by atoms with Crippen LogP contribution in [0.4, 0.5) is 11.4 Å². The molecule has 1 saturated heterocycles. The highest BCUT2D eigenvalue weighted by Crippen LogP contribution is 2.34. The van der Waals surface area contributed by atoms with Crippen molar-refractivity contribution in [2.75, 3.05) is 69.5 Å². The predicted octanol–water partition coefficient (Wildman–Crippen LogP) is 9.31. The number of aromatic nitrogens is 2. The second kappa shape index (κ2) is 24.3. The van der Waals surface area contributed by atoms with Crippen molar-refractivity contribution in [2.45, 2.75) is 83.9 Å². The summed E-state index contributed by atoms with van der Waals surface area (Å²) in [7, 11) is 0. The number of carbonyl (C=O) groups excluding carboxylic acids is 4. The molecule has 3 heterocycles. The molecule has 1 aliphatic heterocycles. The molecule has 3 amide bonds. The molecule has 6 aromatic rings. The topological polar surface area (TPSA) is 162 Å². The van der Waals surface area contributed by atoms with E-state index in [4.69, 9.17) is 23.9 Å². The Kier molecular flexibility index (Phi) is 17.3. The van der Waals surface area contributed by atoms with Gasteiger partial charge < -0.3 is 44.4 Å². The largest absolute Gasteiger partial charge is 0.460 e. The average Bonchev–Trinajstić information content (AvgIpc) is 3.79. The highest BCUT2D eigenvalue weighted by molar-refractivity contribution is 6.07. The van der Waals surface area contributed by atoms with Crippen molar-refractivity contribution in [2.24, 2.45) is 0 Å². The molecular weight excluding hydrogens is 897 g/mol. The molecule has 0 radical (unpaired) electrons. The van der Waals surface area contributed by atoms with Crippen molar-refractivity contribution in [3.63, 3.8) is 0 Å². The van der Waals surface area contributed by atoms with Crippen molar-refractivity contribution in [3.05, 3.63) is 149 Å². The minimum Gasteiger partial charge on any atom is -0.460 e. The van der Waals surface area contributed by atoms with Crippen LogP contribution >= 0.6 is 0 Å². The average molecular weight is 963 g/mol. The first-order valence-corrected chi connectivity index (χ1v) is 24.9. The van der Waals surface area contributed by atoms with Crippen LogP contribution in [0.25, 0.3) is 22.2 Å². The third kappa shape index (κ3) is 13.9. The standard InChI is InChI=1S/C57H66N6O8/c1-57(2,3)71-53(64)24-30-68-32-34-70-35-33-69-31-26-59-56(67)47-17-11-19-52-46(47)23-29-63(52)39-40-12-9-15-42(36-40)54(65)61-50-21-20-44(62-27-7-4-8-28-62)38-48(50)51-37-43(22-25-58-51)55(66)60-49-18-10-14-41-13-5-6-16-45(41)49/h5-6,9,11-13,15-17,19-23,25,29,36-38,49H,4,7-8,10,14,18,24,26-28,30-35,39H2,1-3H3,(H,59,67)(H,60,66)(H,61,65). The number of benzene rings is 4. The van der Waals surface area contributed by atoms with Gasteiger partial charge in [0.05, 0.1) is 63.5 Å². The van der Waals surface area contributed by atoms with Crippen molar-refractivity contribution in [1.82, 2.24) is 20.2 Å². The maximum atomic E-state index is 14.1. The number of hydrogen-bond donors (Lipinski definition) is 3. The quantitative estimate of drug-likeness (QED) is 0.0468. The van der Waals surface area contributed by atoms with Gasteiger partial charge in [0.15, 0.2) is 0 Å². The molecule has 3 N–H and O–H groups in total. The number of ether oxygens (including phenoxy) is 4. The number of fused-ring (bicyclic) bond motifs is 2. The summed E-state index contributed by atoms with van der Waals surface area (Å²) in [6.45, 7) is 10.3. The molecule has 14 heteroatoms. The summed E-state index contributed by atoms with van der Waals surface area (Å²) >= 11 is 0. The maximum Gasteiger partial charge on any atom is 0.308 e. The molecule has 1 fully saturated rings. The van der Waals surface area contributed by atoms with Crippen molar-refractivity contribution in [1.29, 1.82) is 0 Å². The van der Waals surface area contributed by atoms with Crippen molar-refractivity contribution in [3.8, 4) is 11.3 Å². The van der Waals surface area contributed by atoms with E-state index in [2.05, 4.69) is 49.7 Å².